The topological polar surface area (TPSA) is 112 Å². The molecule has 10 nitrogen and oxygen atoms in total. The molecular weight excluding hydrogens is 474 g/mol. The van der Waals surface area contributed by atoms with Gasteiger partial charge in [-0.25, -0.2) is 15.0 Å². The van der Waals surface area contributed by atoms with E-state index in [1.165, 1.54) is 6.33 Å². The van der Waals surface area contributed by atoms with Gasteiger partial charge in [-0.2, -0.15) is 0 Å². The van der Waals surface area contributed by atoms with E-state index in [4.69, 9.17) is 18.9 Å². The van der Waals surface area contributed by atoms with E-state index in [-0.39, 0.29) is 12.5 Å². The van der Waals surface area contributed by atoms with Crippen molar-refractivity contribution in [2.45, 2.75) is 26.2 Å². The number of likely N-dealkylation sites (tertiary alicyclic amines) is 1. The number of ether oxygens (including phenoxy) is 4. The van der Waals surface area contributed by atoms with Gasteiger partial charge in [-0.3, -0.25) is 4.79 Å². The molecule has 2 aliphatic rings. The van der Waals surface area contributed by atoms with Crippen LogP contribution in [0.5, 0.6) is 23.1 Å². The molecule has 2 fully saturated rings. The average Bonchev–Trinajstić information content (AvgIpc) is 3.27. The van der Waals surface area contributed by atoms with E-state index in [1.807, 2.05) is 24.0 Å². The van der Waals surface area contributed by atoms with Crippen LogP contribution in [0.2, 0.25) is 0 Å². The highest BCUT2D eigenvalue weighted by Gasteiger charge is 2.41. The first-order chi connectivity index (χ1) is 18.0. The summed E-state index contributed by atoms with van der Waals surface area (Å²) in [4.78, 5) is 31.0. The molecule has 0 atom stereocenters. The standard InChI is InChI=1S/C27H29N5O5/c1-17-9-18-10-19(13-28-25(18)31-17)37-26-20-11-22(34-2)23(12-21(20)29-16-30-26)36-8-3-24(33)32-6-4-27(5-7-32)14-35-15-27/h9-13,16H,3-8,14-15H2,1-2H3,(H,28,31). The zero-order valence-electron chi connectivity index (χ0n) is 21.0. The molecule has 192 valence electrons. The van der Waals surface area contributed by atoms with E-state index in [1.54, 1.807) is 25.4 Å². The lowest BCUT2D eigenvalue weighted by molar-refractivity contribution is -0.153. The number of carbonyl (C=O) groups is 1. The maximum atomic E-state index is 12.7. The summed E-state index contributed by atoms with van der Waals surface area (Å²) < 4.78 is 23.0. The average molecular weight is 504 g/mol. The van der Waals surface area contributed by atoms with Crippen LogP contribution in [0.4, 0.5) is 0 Å². The number of fused-ring (bicyclic) bond motifs is 2. The van der Waals surface area contributed by atoms with Crippen molar-refractivity contribution < 1.29 is 23.7 Å². The summed E-state index contributed by atoms with van der Waals surface area (Å²) >= 11 is 0. The number of piperidine rings is 1. The number of aryl methyl sites for hydroxylation is 1. The van der Waals surface area contributed by atoms with E-state index in [0.29, 0.717) is 45.9 Å². The van der Waals surface area contributed by atoms with Crippen LogP contribution in [0.3, 0.4) is 0 Å². The molecule has 10 heteroatoms. The van der Waals surface area contributed by atoms with E-state index in [0.717, 1.165) is 55.9 Å². The van der Waals surface area contributed by atoms with E-state index < -0.39 is 0 Å². The fourth-order valence-electron chi connectivity index (χ4n) is 5.01. The van der Waals surface area contributed by atoms with Crippen LogP contribution >= 0.6 is 0 Å². The molecule has 1 spiro atoms. The van der Waals surface area contributed by atoms with Crippen LogP contribution in [0, 0.1) is 12.3 Å². The number of rotatable bonds is 7. The van der Waals surface area contributed by atoms with Gasteiger partial charge in [0.05, 0.1) is 50.5 Å². The van der Waals surface area contributed by atoms with Crippen molar-refractivity contribution in [3.63, 3.8) is 0 Å². The van der Waals surface area contributed by atoms with Crippen molar-refractivity contribution in [2.75, 3.05) is 40.0 Å². The van der Waals surface area contributed by atoms with Crippen molar-refractivity contribution in [2.24, 2.45) is 5.41 Å². The molecule has 2 saturated heterocycles. The predicted molar refractivity (Wildman–Crippen MR) is 136 cm³/mol. The summed E-state index contributed by atoms with van der Waals surface area (Å²) in [5.41, 5.74) is 2.78. The lowest BCUT2D eigenvalue weighted by Gasteiger charge is -2.47. The van der Waals surface area contributed by atoms with Gasteiger partial charge in [-0.05, 0) is 38.0 Å². The van der Waals surface area contributed by atoms with Gasteiger partial charge in [0.1, 0.15) is 17.7 Å². The Hall–Kier alpha value is -3.92. The molecule has 2 aliphatic heterocycles. The van der Waals surface area contributed by atoms with Crippen molar-refractivity contribution in [1.29, 1.82) is 0 Å². The van der Waals surface area contributed by atoms with Gasteiger partial charge >= 0.3 is 0 Å². The van der Waals surface area contributed by atoms with Crippen LogP contribution in [-0.4, -0.2) is 70.8 Å². The minimum atomic E-state index is 0.107. The second-order valence-corrected chi connectivity index (χ2v) is 9.83. The van der Waals surface area contributed by atoms with Gasteiger partial charge in [-0.1, -0.05) is 0 Å². The van der Waals surface area contributed by atoms with Gasteiger partial charge in [0.25, 0.3) is 0 Å². The first-order valence-electron chi connectivity index (χ1n) is 12.5. The number of aromatic nitrogens is 4. The van der Waals surface area contributed by atoms with Crippen LogP contribution < -0.4 is 14.2 Å². The van der Waals surface area contributed by atoms with Crippen molar-refractivity contribution >= 4 is 27.8 Å². The number of aromatic amines is 1. The van der Waals surface area contributed by atoms with Crippen molar-refractivity contribution in [1.82, 2.24) is 24.8 Å². The maximum Gasteiger partial charge on any atom is 0.230 e. The molecule has 4 aromatic rings. The molecular formula is C27H29N5O5. The lowest BCUT2D eigenvalue weighted by Crippen LogP contribution is -2.52. The molecule has 6 rings (SSSR count). The molecule has 1 amide bonds. The Morgan fingerprint density at radius 3 is 2.70 bits per heavy atom. The third-order valence-corrected chi connectivity index (χ3v) is 7.25. The summed E-state index contributed by atoms with van der Waals surface area (Å²) in [6.45, 7) is 5.46. The normalized spacial score (nSPS) is 16.6. The third-order valence-electron chi connectivity index (χ3n) is 7.25. The number of hydrogen-bond donors (Lipinski definition) is 1. The van der Waals surface area contributed by atoms with Crippen LogP contribution in [0.25, 0.3) is 21.9 Å². The smallest absolute Gasteiger partial charge is 0.230 e. The first-order valence-corrected chi connectivity index (χ1v) is 12.5. The molecule has 1 N–H and O–H groups in total. The minimum absolute atomic E-state index is 0.107. The molecule has 0 radical (unpaired) electrons. The summed E-state index contributed by atoms with van der Waals surface area (Å²) in [6, 6.07) is 7.49. The number of amides is 1. The summed E-state index contributed by atoms with van der Waals surface area (Å²) in [5.74, 6) is 2.09. The van der Waals surface area contributed by atoms with Gasteiger partial charge in [0.15, 0.2) is 11.5 Å². The molecule has 0 aliphatic carbocycles. The zero-order valence-corrected chi connectivity index (χ0v) is 21.0. The highest BCUT2D eigenvalue weighted by molar-refractivity contribution is 5.87. The predicted octanol–water partition coefficient (Wildman–Crippen LogP) is 4.02. The molecule has 5 heterocycles. The second kappa shape index (κ2) is 9.51. The fraction of sp³-hybridized carbons (Fsp3) is 0.407. The Kier molecular flexibility index (Phi) is 6.03. The molecule has 3 aromatic heterocycles. The molecule has 1 aromatic carbocycles. The van der Waals surface area contributed by atoms with Gasteiger partial charge in [-0.15, -0.1) is 0 Å². The van der Waals surface area contributed by atoms with Crippen molar-refractivity contribution in [3.8, 4) is 23.1 Å². The van der Waals surface area contributed by atoms with Crippen LogP contribution in [0.15, 0.2) is 36.8 Å². The lowest BCUT2D eigenvalue weighted by atomic mass is 9.77. The second-order valence-electron chi connectivity index (χ2n) is 9.83. The third kappa shape index (κ3) is 4.64. The molecule has 37 heavy (non-hydrogen) atoms. The van der Waals surface area contributed by atoms with Crippen molar-refractivity contribution in [3.05, 3.63) is 42.5 Å². The maximum absolute atomic E-state index is 12.7. The summed E-state index contributed by atoms with van der Waals surface area (Å²) in [7, 11) is 1.57. The SMILES string of the molecule is COc1cc2c(Oc3cnc4[nH]c(C)cc4c3)ncnc2cc1OCCC(=O)N1CCC2(CC1)COC2. The largest absolute Gasteiger partial charge is 0.493 e. The number of benzene rings is 1. The minimum Gasteiger partial charge on any atom is -0.493 e. The Labute approximate surface area is 213 Å². The van der Waals surface area contributed by atoms with E-state index in [2.05, 4.69) is 19.9 Å². The Bertz CT molecular complexity index is 1450. The number of carbonyl (C=O) groups excluding carboxylic acids is 1. The van der Waals surface area contributed by atoms with Crippen LogP contribution in [0.1, 0.15) is 25.0 Å². The Morgan fingerprint density at radius 1 is 1.11 bits per heavy atom. The summed E-state index contributed by atoms with van der Waals surface area (Å²) in [6.07, 6.45) is 5.42. The number of pyridine rings is 1. The fourth-order valence-corrected chi connectivity index (χ4v) is 5.01. The number of H-pyrrole nitrogens is 1. The molecule has 0 saturated carbocycles. The highest BCUT2D eigenvalue weighted by atomic mass is 16.5. The Balaban J connectivity index is 1.14. The zero-order chi connectivity index (χ0) is 25.4. The number of nitrogens with zero attached hydrogens (tertiary/aromatic N) is 4. The van der Waals surface area contributed by atoms with E-state index >= 15 is 0 Å². The monoisotopic (exact) mass is 503 g/mol. The highest BCUT2D eigenvalue weighted by Crippen LogP contribution is 2.39. The first kappa shape index (κ1) is 23.5. The number of methoxy groups -OCH3 is 1. The molecule has 0 unspecified atom stereocenters. The molecule has 0 bridgehead atoms. The van der Waals surface area contributed by atoms with Crippen LogP contribution in [-0.2, 0) is 9.53 Å². The van der Waals surface area contributed by atoms with Gasteiger partial charge in [0, 0.05) is 35.7 Å². The summed E-state index contributed by atoms with van der Waals surface area (Å²) in [5, 5.41) is 1.63. The Morgan fingerprint density at radius 2 is 1.95 bits per heavy atom. The van der Waals surface area contributed by atoms with E-state index in [9.17, 15) is 4.79 Å². The van der Waals surface area contributed by atoms with Gasteiger partial charge < -0.3 is 28.8 Å². The number of hydrogen-bond acceptors (Lipinski definition) is 8. The number of nitrogens with one attached hydrogen (secondary N) is 1. The van der Waals surface area contributed by atoms with Gasteiger partial charge in [0.2, 0.25) is 11.8 Å². The quantitative estimate of drug-likeness (QED) is 0.403.